The number of nitrogens with one attached hydrogen (secondary N) is 1. The van der Waals surface area contributed by atoms with E-state index in [0.29, 0.717) is 12.2 Å². The first-order chi connectivity index (χ1) is 13.0. The molecule has 0 heterocycles. The van der Waals surface area contributed by atoms with Crippen LogP contribution in [0.3, 0.4) is 0 Å². The minimum Gasteiger partial charge on any atom is -0.354 e. The summed E-state index contributed by atoms with van der Waals surface area (Å²) in [6.07, 6.45) is 1.00. The van der Waals surface area contributed by atoms with Crippen LogP contribution in [0.15, 0.2) is 47.4 Å². The second-order valence-corrected chi connectivity index (χ2v) is 8.76. The zero-order chi connectivity index (χ0) is 21.1. The number of carbonyl (C=O) groups excluding carboxylic acids is 1. The summed E-state index contributed by atoms with van der Waals surface area (Å²) in [6.45, 7) is 5.88. The van der Waals surface area contributed by atoms with Crippen LogP contribution >= 0.6 is 0 Å². The lowest BCUT2D eigenvalue weighted by atomic mass is 10.1. The second kappa shape index (κ2) is 8.39. The number of nitro benzene ring substituents is 1. The van der Waals surface area contributed by atoms with Crippen molar-refractivity contribution in [3.05, 3.63) is 58.1 Å². The van der Waals surface area contributed by atoms with E-state index in [4.69, 9.17) is 0 Å². The van der Waals surface area contributed by atoms with Crippen LogP contribution in [0.25, 0.3) is 0 Å². The van der Waals surface area contributed by atoms with Crippen LogP contribution in [-0.4, -0.2) is 36.4 Å². The molecule has 9 heteroatoms. The van der Waals surface area contributed by atoms with Crippen molar-refractivity contribution in [1.82, 2.24) is 4.90 Å². The van der Waals surface area contributed by atoms with Gasteiger partial charge in [0.25, 0.3) is 5.69 Å². The van der Waals surface area contributed by atoms with Gasteiger partial charge in [0.15, 0.2) is 9.84 Å². The van der Waals surface area contributed by atoms with Gasteiger partial charge < -0.3 is 10.2 Å². The molecule has 0 aliphatic heterocycles. The molecule has 28 heavy (non-hydrogen) atoms. The molecule has 0 saturated carbocycles. The molecule has 0 fully saturated rings. The maximum absolute atomic E-state index is 12.0. The second-order valence-electron chi connectivity index (χ2n) is 6.77. The summed E-state index contributed by atoms with van der Waals surface area (Å²) in [5, 5.41) is 13.9. The molecule has 1 amide bonds. The fraction of sp³-hybridized carbons (Fsp3) is 0.316. The molecule has 2 aromatic rings. The van der Waals surface area contributed by atoms with Gasteiger partial charge in [-0.15, -0.1) is 0 Å². The van der Waals surface area contributed by atoms with E-state index >= 15 is 0 Å². The van der Waals surface area contributed by atoms with Crippen LogP contribution in [-0.2, 0) is 21.2 Å². The monoisotopic (exact) mass is 405 g/mol. The Kier molecular flexibility index (Phi) is 6.40. The smallest absolute Gasteiger partial charge is 0.270 e. The average molecular weight is 405 g/mol. The van der Waals surface area contributed by atoms with Gasteiger partial charge >= 0.3 is 0 Å². The number of nitrogens with zero attached hydrogens (tertiary/aromatic N) is 2. The maximum atomic E-state index is 12.0. The molecule has 0 unspecified atom stereocenters. The van der Waals surface area contributed by atoms with E-state index in [-0.39, 0.29) is 28.2 Å². The van der Waals surface area contributed by atoms with Crippen LogP contribution in [0.5, 0.6) is 0 Å². The number of carbonyl (C=O) groups is 1. The SMILES string of the molecule is CC(=O)N(Cc1ccc(Nc2ccc([N+](=O)[O-])cc2S(C)(=O)=O)cc1)C(C)C. The molecule has 0 spiro atoms. The molecule has 8 nitrogen and oxygen atoms in total. The molecule has 2 aromatic carbocycles. The number of rotatable bonds is 7. The number of benzene rings is 2. The zero-order valence-electron chi connectivity index (χ0n) is 16.2. The van der Waals surface area contributed by atoms with Crippen molar-refractivity contribution in [2.24, 2.45) is 0 Å². The molecule has 0 radical (unpaired) electrons. The number of hydrogen-bond acceptors (Lipinski definition) is 6. The van der Waals surface area contributed by atoms with Crippen LogP contribution in [0.1, 0.15) is 26.3 Å². The van der Waals surface area contributed by atoms with Crippen molar-refractivity contribution in [3.63, 3.8) is 0 Å². The summed E-state index contributed by atoms with van der Waals surface area (Å²) < 4.78 is 24.0. The first kappa shape index (κ1) is 21.4. The molecule has 0 atom stereocenters. The summed E-state index contributed by atoms with van der Waals surface area (Å²) >= 11 is 0. The molecule has 150 valence electrons. The number of nitro groups is 1. The van der Waals surface area contributed by atoms with Crippen molar-refractivity contribution in [3.8, 4) is 0 Å². The third-order valence-corrected chi connectivity index (χ3v) is 5.33. The van der Waals surface area contributed by atoms with Crippen LogP contribution in [0, 0.1) is 10.1 Å². The van der Waals surface area contributed by atoms with Gasteiger partial charge in [-0.2, -0.15) is 0 Å². The fourth-order valence-electron chi connectivity index (χ4n) is 2.74. The van der Waals surface area contributed by atoms with E-state index in [9.17, 15) is 23.3 Å². The van der Waals surface area contributed by atoms with Gasteiger partial charge in [0.2, 0.25) is 5.91 Å². The highest BCUT2D eigenvalue weighted by Gasteiger charge is 2.19. The molecule has 0 aromatic heterocycles. The van der Waals surface area contributed by atoms with E-state index in [2.05, 4.69) is 5.32 Å². The Morgan fingerprint density at radius 2 is 1.79 bits per heavy atom. The van der Waals surface area contributed by atoms with E-state index < -0.39 is 14.8 Å². The lowest BCUT2D eigenvalue weighted by Gasteiger charge is -2.25. The van der Waals surface area contributed by atoms with E-state index in [0.717, 1.165) is 17.9 Å². The number of sulfone groups is 1. The Labute approximate surface area is 164 Å². The predicted molar refractivity (Wildman–Crippen MR) is 107 cm³/mol. The number of non-ortho nitro benzene ring substituents is 1. The number of amides is 1. The first-order valence-corrected chi connectivity index (χ1v) is 10.5. The van der Waals surface area contributed by atoms with Gasteiger partial charge in [-0.25, -0.2) is 8.42 Å². The highest BCUT2D eigenvalue weighted by atomic mass is 32.2. The predicted octanol–water partition coefficient (Wildman–Crippen LogP) is 3.50. The zero-order valence-corrected chi connectivity index (χ0v) is 17.0. The molecule has 0 saturated heterocycles. The molecule has 0 aliphatic carbocycles. The van der Waals surface area contributed by atoms with Crippen LogP contribution < -0.4 is 5.32 Å². The summed E-state index contributed by atoms with van der Waals surface area (Å²) in [5.74, 6) is -0.0131. The Morgan fingerprint density at radius 1 is 1.18 bits per heavy atom. The van der Waals surface area contributed by atoms with Crippen molar-refractivity contribution in [1.29, 1.82) is 0 Å². The molecule has 2 rings (SSSR count). The number of hydrogen-bond donors (Lipinski definition) is 1. The van der Waals surface area contributed by atoms with Gasteiger partial charge in [-0.1, -0.05) is 12.1 Å². The first-order valence-electron chi connectivity index (χ1n) is 8.60. The normalized spacial score (nSPS) is 11.3. The number of anilines is 2. The standard InChI is InChI=1S/C19H23N3O5S/c1-13(2)21(14(3)23)12-15-5-7-16(8-6-15)20-18-10-9-17(22(24)25)11-19(18)28(4,26)27/h5-11,13,20H,12H2,1-4H3. The van der Waals surface area contributed by atoms with Crippen molar-refractivity contribution in [2.75, 3.05) is 11.6 Å². The van der Waals surface area contributed by atoms with Crippen LogP contribution in [0.4, 0.5) is 17.1 Å². The summed E-state index contributed by atoms with van der Waals surface area (Å²) in [6, 6.07) is 10.9. The van der Waals surface area contributed by atoms with Crippen molar-refractivity contribution >= 4 is 32.8 Å². The van der Waals surface area contributed by atoms with Crippen LogP contribution in [0.2, 0.25) is 0 Å². The topological polar surface area (TPSA) is 110 Å². The molecule has 0 aliphatic rings. The minimum atomic E-state index is -3.66. The molecule has 1 N–H and O–H groups in total. The third kappa shape index (κ3) is 5.29. The maximum Gasteiger partial charge on any atom is 0.270 e. The Balaban J connectivity index is 2.27. The fourth-order valence-corrected chi connectivity index (χ4v) is 3.59. The highest BCUT2D eigenvalue weighted by molar-refractivity contribution is 7.90. The van der Waals surface area contributed by atoms with E-state index in [1.54, 1.807) is 17.0 Å². The average Bonchev–Trinajstić information content (AvgIpc) is 2.59. The molecular formula is C19H23N3O5S. The Hall–Kier alpha value is -2.94. The Morgan fingerprint density at radius 3 is 2.25 bits per heavy atom. The van der Waals surface area contributed by atoms with Crippen molar-refractivity contribution < 1.29 is 18.1 Å². The minimum absolute atomic E-state index is 0.0131. The van der Waals surface area contributed by atoms with Gasteiger partial charge in [-0.3, -0.25) is 14.9 Å². The van der Waals surface area contributed by atoms with Gasteiger partial charge in [-0.05, 0) is 37.6 Å². The Bertz CT molecular complexity index is 985. The van der Waals surface area contributed by atoms with Gasteiger partial charge in [0, 0.05) is 43.6 Å². The highest BCUT2D eigenvalue weighted by Crippen LogP contribution is 2.29. The summed E-state index contributed by atoms with van der Waals surface area (Å²) in [7, 11) is -3.66. The van der Waals surface area contributed by atoms with E-state index in [1.165, 1.54) is 19.1 Å². The molecule has 0 bridgehead atoms. The van der Waals surface area contributed by atoms with E-state index in [1.807, 2.05) is 26.0 Å². The lowest BCUT2D eigenvalue weighted by molar-refractivity contribution is -0.385. The third-order valence-electron chi connectivity index (χ3n) is 4.19. The molecular weight excluding hydrogens is 382 g/mol. The van der Waals surface area contributed by atoms with Crippen molar-refractivity contribution in [2.45, 2.75) is 38.3 Å². The summed E-state index contributed by atoms with van der Waals surface area (Å²) in [5.41, 5.74) is 1.52. The van der Waals surface area contributed by atoms with Gasteiger partial charge in [0.05, 0.1) is 15.5 Å². The quantitative estimate of drug-likeness (QED) is 0.558. The lowest BCUT2D eigenvalue weighted by Crippen LogP contribution is -2.34. The summed E-state index contributed by atoms with van der Waals surface area (Å²) in [4.78, 5) is 23.6. The largest absolute Gasteiger partial charge is 0.354 e. The van der Waals surface area contributed by atoms with Gasteiger partial charge in [0.1, 0.15) is 0 Å².